The zero-order valence-electron chi connectivity index (χ0n) is 16.7. The predicted octanol–water partition coefficient (Wildman–Crippen LogP) is 3.38. The zero-order chi connectivity index (χ0) is 21.1. The van der Waals surface area contributed by atoms with E-state index in [0.717, 1.165) is 22.0 Å². The standard InChI is InChI=1S/C22H22N4O3S/c1-26-11-10-23-21(26)20(14-3-6-16(29-2)7-4-14)25-22(28)15-5-8-18-17(13-15)24-19(27)9-12-30-18/h3-8,10-11,13,20H,9,12H2,1-2H3,(H,24,27)(H,25,28)/t20-/m0/s1. The maximum Gasteiger partial charge on any atom is 0.252 e. The van der Waals surface area contributed by atoms with Crippen LogP contribution >= 0.6 is 11.8 Å². The van der Waals surface area contributed by atoms with Gasteiger partial charge in [-0.2, -0.15) is 0 Å². The highest BCUT2D eigenvalue weighted by Gasteiger charge is 2.23. The van der Waals surface area contributed by atoms with Gasteiger partial charge in [-0.05, 0) is 35.9 Å². The number of benzene rings is 2. The van der Waals surface area contributed by atoms with Crippen molar-refractivity contribution in [2.75, 3.05) is 18.2 Å². The predicted molar refractivity (Wildman–Crippen MR) is 116 cm³/mol. The maximum atomic E-state index is 13.1. The number of fused-ring (bicyclic) bond motifs is 1. The molecule has 2 N–H and O–H groups in total. The van der Waals surface area contributed by atoms with Crippen LogP contribution in [0.1, 0.15) is 34.2 Å². The Labute approximate surface area is 178 Å². The van der Waals surface area contributed by atoms with Gasteiger partial charge in [0.1, 0.15) is 17.6 Å². The van der Waals surface area contributed by atoms with Gasteiger partial charge in [0.05, 0.1) is 12.8 Å². The van der Waals surface area contributed by atoms with Crippen LogP contribution in [0.4, 0.5) is 5.69 Å². The Morgan fingerprint density at radius 2 is 2.07 bits per heavy atom. The van der Waals surface area contributed by atoms with Crippen molar-refractivity contribution in [3.63, 3.8) is 0 Å². The van der Waals surface area contributed by atoms with Crippen molar-refractivity contribution in [3.8, 4) is 5.75 Å². The van der Waals surface area contributed by atoms with Crippen molar-refractivity contribution in [1.82, 2.24) is 14.9 Å². The van der Waals surface area contributed by atoms with Gasteiger partial charge in [-0.15, -0.1) is 11.8 Å². The fourth-order valence-electron chi connectivity index (χ4n) is 3.32. The number of aryl methyl sites for hydroxylation is 1. The van der Waals surface area contributed by atoms with Gasteiger partial charge >= 0.3 is 0 Å². The Morgan fingerprint density at radius 3 is 2.77 bits per heavy atom. The molecule has 0 saturated carbocycles. The Bertz CT molecular complexity index is 1080. The molecule has 2 aromatic carbocycles. The van der Waals surface area contributed by atoms with Gasteiger partial charge in [-0.1, -0.05) is 12.1 Å². The molecule has 0 aliphatic carbocycles. The summed E-state index contributed by atoms with van der Waals surface area (Å²) in [5, 5.41) is 5.96. The first kappa shape index (κ1) is 20.0. The molecule has 1 atom stereocenters. The number of thioether (sulfide) groups is 1. The molecule has 8 heteroatoms. The molecule has 0 fully saturated rings. The Kier molecular flexibility index (Phi) is 5.76. The molecule has 154 valence electrons. The van der Waals surface area contributed by atoms with E-state index in [4.69, 9.17) is 4.74 Å². The summed E-state index contributed by atoms with van der Waals surface area (Å²) in [6, 6.07) is 12.5. The largest absolute Gasteiger partial charge is 0.497 e. The molecule has 1 aliphatic rings. The van der Waals surface area contributed by atoms with Crippen LogP contribution in [0, 0.1) is 0 Å². The molecule has 4 rings (SSSR count). The topological polar surface area (TPSA) is 85.2 Å². The van der Waals surface area contributed by atoms with Crippen LogP contribution in [0.2, 0.25) is 0 Å². The second kappa shape index (κ2) is 8.62. The molecule has 2 heterocycles. The van der Waals surface area contributed by atoms with Gasteiger partial charge in [-0.3, -0.25) is 9.59 Å². The van der Waals surface area contributed by atoms with Crippen molar-refractivity contribution in [2.24, 2.45) is 7.05 Å². The van der Waals surface area contributed by atoms with Gasteiger partial charge in [-0.25, -0.2) is 4.98 Å². The summed E-state index contributed by atoms with van der Waals surface area (Å²) in [4.78, 5) is 30.4. The number of hydrogen-bond acceptors (Lipinski definition) is 5. The maximum absolute atomic E-state index is 13.1. The highest BCUT2D eigenvalue weighted by Crippen LogP contribution is 2.32. The van der Waals surface area contributed by atoms with E-state index in [-0.39, 0.29) is 11.8 Å². The van der Waals surface area contributed by atoms with Gasteiger partial charge < -0.3 is 19.9 Å². The zero-order valence-corrected chi connectivity index (χ0v) is 17.5. The first-order valence-corrected chi connectivity index (χ1v) is 10.5. The quantitative estimate of drug-likeness (QED) is 0.658. The fraction of sp³-hybridized carbons (Fsp3) is 0.227. The molecular formula is C22H22N4O3S. The number of aromatic nitrogens is 2. The first-order valence-electron chi connectivity index (χ1n) is 9.54. The van der Waals surface area contributed by atoms with E-state index in [9.17, 15) is 9.59 Å². The van der Waals surface area contributed by atoms with Crippen LogP contribution < -0.4 is 15.4 Å². The molecule has 0 radical (unpaired) electrons. The van der Waals surface area contributed by atoms with E-state index in [1.165, 1.54) is 0 Å². The van der Waals surface area contributed by atoms with Crippen LogP contribution in [-0.4, -0.2) is 34.2 Å². The van der Waals surface area contributed by atoms with E-state index in [2.05, 4.69) is 15.6 Å². The van der Waals surface area contributed by atoms with E-state index in [1.54, 1.807) is 37.2 Å². The smallest absolute Gasteiger partial charge is 0.252 e. The number of amides is 2. The first-order chi connectivity index (χ1) is 14.5. The third-order valence-electron chi connectivity index (χ3n) is 4.94. The van der Waals surface area contributed by atoms with E-state index in [0.29, 0.717) is 23.5 Å². The summed E-state index contributed by atoms with van der Waals surface area (Å²) in [5.41, 5.74) is 2.04. The molecule has 0 bridgehead atoms. The molecule has 1 aliphatic heterocycles. The number of carbonyl (C=O) groups excluding carboxylic acids is 2. The normalized spacial score (nSPS) is 14.3. The molecule has 3 aromatic rings. The highest BCUT2D eigenvalue weighted by molar-refractivity contribution is 7.99. The summed E-state index contributed by atoms with van der Waals surface area (Å²) in [6.45, 7) is 0. The van der Waals surface area contributed by atoms with Crippen LogP contribution in [0.25, 0.3) is 0 Å². The Balaban J connectivity index is 1.63. The molecule has 30 heavy (non-hydrogen) atoms. The van der Waals surface area contributed by atoms with Crippen LogP contribution in [0.15, 0.2) is 59.8 Å². The van der Waals surface area contributed by atoms with E-state index in [1.807, 2.05) is 48.1 Å². The number of anilines is 1. The Hall–Kier alpha value is -3.26. The van der Waals surface area contributed by atoms with E-state index < -0.39 is 6.04 Å². The lowest BCUT2D eigenvalue weighted by atomic mass is 10.0. The molecule has 0 unspecified atom stereocenters. The lowest BCUT2D eigenvalue weighted by Gasteiger charge is -2.20. The van der Waals surface area contributed by atoms with Gasteiger partial charge in [0.15, 0.2) is 0 Å². The van der Waals surface area contributed by atoms with Crippen molar-refractivity contribution >= 4 is 29.3 Å². The Morgan fingerprint density at radius 1 is 1.27 bits per heavy atom. The molecule has 7 nitrogen and oxygen atoms in total. The molecule has 0 spiro atoms. The van der Waals surface area contributed by atoms with Crippen molar-refractivity contribution in [1.29, 1.82) is 0 Å². The number of imidazole rings is 1. The van der Waals surface area contributed by atoms with Gasteiger partial charge in [0.2, 0.25) is 5.91 Å². The lowest BCUT2D eigenvalue weighted by Crippen LogP contribution is -2.31. The van der Waals surface area contributed by atoms with Gasteiger partial charge in [0, 0.05) is 42.1 Å². The minimum absolute atomic E-state index is 0.0390. The summed E-state index contributed by atoms with van der Waals surface area (Å²) < 4.78 is 7.12. The number of nitrogens with one attached hydrogen (secondary N) is 2. The monoisotopic (exact) mass is 422 g/mol. The summed E-state index contributed by atoms with van der Waals surface area (Å²) in [7, 11) is 3.50. The van der Waals surface area contributed by atoms with Gasteiger partial charge in [0.25, 0.3) is 5.91 Å². The van der Waals surface area contributed by atoms with Crippen molar-refractivity contribution < 1.29 is 14.3 Å². The fourth-order valence-corrected chi connectivity index (χ4v) is 4.26. The number of methoxy groups -OCH3 is 1. The summed E-state index contributed by atoms with van der Waals surface area (Å²) in [5.74, 6) is 1.89. The van der Waals surface area contributed by atoms with Crippen LogP contribution in [0.3, 0.4) is 0 Å². The highest BCUT2D eigenvalue weighted by atomic mass is 32.2. The van der Waals surface area contributed by atoms with Crippen molar-refractivity contribution in [3.05, 3.63) is 71.8 Å². The minimum atomic E-state index is -0.439. The third-order valence-corrected chi connectivity index (χ3v) is 6.02. The number of nitrogens with zero attached hydrogens (tertiary/aromatic N) is 2. The summed E-state index contributed by atoms with van der Waals surface area (Å²) in [6.07, 6.45) is 4.00. The third kappa shape index (κ3) is 4.18. The molecule has 2 amide bonds. The van der Waals surface area contributed by atoms with Crippen LogP contribution in [0.5, 0.6) is 5.75 Å². The summed E-state index contributed by atoms with van der Waals surface area (Å²) >= 11 is 1.61. The number of rotatable bonds is 5. The number of ether oxygens (including phenoxy) is 1. The second-order valence-corrected chi connectivity index (χ2v) is 8.07. The van der Waals surface area contributed by atoms with Crippen molar-refractivity contribution in [2.45, 2.75) is 17.4 Å². The minimum Gasteiger partial charge on any atom is -0.497 e. The molecule has 1 aromatic heterocycles. The lowest BCUT2D eigenvalue weighted by molar-refractivity contribution is -0.115. The average molecular weight is 423 g/mol. The number of hydrogen-bond donors (Lipinski definition) is 2. The SMILES string of the molecule is COc1ccc([C@H](NC(=O)c2ccc3c(c2)NC(=O)CCS3)c2nccn2C)cc1. The van der Waals surface area contributed by atoms with E-state index >= 15 is 0 Å². The molecule has 0 saturated heterocycles. The number of carbonyl (C=O) groups is 2. The van der Waals surface area contributed by atoms with Crippen LogP contribution in [-0.2, 0) is 11.8 Å². The average Bonchev–Trinajstić information content (AvgIpc) is 3.08. The molecular weight excluding hydrogens is 400 g/mol. The second-order valence-electron chi connectivity index (χ2n) is 6.93.